The molecule has 0 N–H and O–H groups in total. The molecule has 0 aliphatic carbocycles. The van der Waals surface area contributed by atoms with Gasteiger partial charge in [0.15, 0.2) is 0 Å². The van der Waals surface area contributed by atoms with Gasteiger partial charge in [-0.1, -0.05) is 96.9 Å². The van der Waals surface area contributed by atoms with Crippen LogP contribution >= 0.6 is 0 Å². The van der Waals surface area contributed by atoms with Gasteiger partial charge in [-0.2, -0.15) is 0 Å². The number of Topliss-reactive ketones (excluding diaryl/α,β-unsaturated/α-hetero) is 2. The van der Waals surface area contributed by atoms with Gasteiger partial charge < -0.3 is 19.1 Å². The largest absolute Gasteiger partial charge is 0.461 e. The van der Waals surface area contributed by atoms with Gasteiger partial charge in [-0.25, -0.2) is 0 Å². The Bertz CT molecular complexity index is 1280. The van der Waals surface area contributed by atoms with Crippen LogP contribution in [0.1, 0.15) is 183 Å². The van der Waals surface area contributed by atoms with Crippen molar-refractivity contribution < 1.29 is 38.2 Å². The Morgan fingerprint density at radius 1 is 0.593 bits per heavy atom. The van der Waals surface area contributed by atoms with Crippen LogP contribution in [-0.4, -0.2) is 71.8 Å². The molecule has 0 fully saturated rings. The minimum absolute atomic E-state index is 0.0610. The summed E-state index contributed by atoms with van der Waals surface area (Å²) in [6, 6.07) is 0.153. The zero-order valence-electron chi connectivity index (χ0n) is 38.7. The number of rotatable bonds is 22. The van der Waals surface area contributed by atoms with Crippen molar-refractivity contribution in [1.82, 2.24) is 4.90 Å². The lowest BCUT2D eigenvalue weighted by atomic mass is 9.65. The van der Waals surface area contributed by atoms with E-state index in [-0.39, 0.29) is 59.1 Å². The Balaban J connectivity index is 6.42. The molecule has 0 aliphatic rings. The summed E-state index contributed by atoms with van der Waals surface area (Å²) in [5.74, 6) is -2.58. The van der Waals surface area contributed by atoms with Crippen LogP contribution in [-0.2, 0) is 38.2 Å². The molecule has 9 nitrogen and oxygen atoms in total. The first-order chi connectivity index (χ1) is 23.9. The second kappa shape index (κ2) is 19.2. The van der Waals surface area contributed by atoms with Gasteiger partial charge in [0.25, 0.3) is 0 Å². The monoisotopic (exact) mass is 766 g/mol. The summed E-state index contributed by atoms with van der Waals surface area (Å²) in [6.07, 6.45) is 1.77. The quantitative estimate of drug-likeness (QED) is 0.0603. The fraction of sp³-hybridized carbons (Fsp3) is 0.889. The summed E-state index contributed by atoms with van der Waals surface area (Å²) in [5.41, 5.74) is -4.21. The standard InChI is InChI=1S/C45H83NO8/c1-22-32(23-31(3)46(20)21)38(51)52-37(30(2)26-41(10,11)33(47)24-35(49)53-44(16,17)27-39(4,5)6)43(14,15)29-42(12,13)34(48)25-36(50)54-45(18,19)28-40(7,8)9/h30-32,37H,22-29H2,1-21H3. The topological polar surface area (TPSA) is 116 Å². The third-order valence-corrected chi connectivity index (χ3v) is 10.4. The van der Waals surface area contributed by atoms with Gasteiger partial charge in [0.05, 0.1) is 5.92 Å². The fourth-order valence-corrected chi connectivity index (χ4v) is 8.74. The average molecular weight is 766 g/mol. The van der Waals surface area contributed by atoms with Crippen molar-refractivity contribution in [2.75, 3.05) is 14.1 Å². The molecule has 0 bridgehead atoms. The molecule has 4 atom stereocenters. The molecule has 0 aliphatic heterocycles. The molecule has 9 heteroatoms. The maximum absolute atomic E-state index is 14.0. The fourth-order valence-electron chi connectivity index (χ4n) is 8.74. The molecule has 0 amide bonds. The summed E-state index contributed by atoms with van der Waals surface area (Å²) in [6.45, 7) is 37.2. The van der Waals surface area contributed by atoms with Crippen LogP contribution < -0.4 is 0 Å². The van der Waals surface area contributed by atoms with Crippen molar-refractivity contribution in [1.29, 1.82) is 0 Å². The number of carbonyl (C=O) groups excluding carboxylic acids is 5. The van der Waals surface area contributed by atoms with Crippen LogP contribution in [0.15, 0.2) is 0 Å². The molecular formula is C45H83NO8. The van der Waals surface area contributed by atoms with E-state index in [1.807, 2.05) is 97.2 Å². The molecule has 0 aromatic rings. The van der Waals surface area contributed by atoms with E-state index in [1.165, 1.54) is 0 Å². The lowest BCUT2D eigenvalue weighted by Gasteiger charge is -2.43. The van der Waals surface area contributed by atoms with E-state index in [1.54, 1.807) is 0 Å². The van der Waals surface area contributed by atoms with Crippen LogP contribution in [0.2, 0.25) is 0 Å². The number of ether oxygens (including phenoxy) is 3. The van der Waals surface area contributed by atoms with Gasteiger partial charge in [0.1, 0.15) is 41.7 Å². The maximum atomic E-state index is 14.0. The molecular weight excluding hydrogens is 682 g/mol. The van der Waals surface area contributed by atoms with E-state index in [9.17, 15) is 24.0 Å². The van der Waals surface area contributed by atoms with E-state index in [4.69, 9.17) is 14.2 Å². The third kappa shape index (κ3) is 19.0. The van der Waals surface area contributed by atoms with Crippen molar-refractivity contribution in [3.05, 3.63) is 0 Å². The molecule has 0 spiro atoms. The Hall–Kier alpha value is -2.29. The first-order valence-electron chi connectivity index (χ1n) is 20.2. The van der Waals surface area contributed by atoms with Crippen molar-refractivity contribution in [2.45, 2.75) is 206 Å². The van der Waals surface area contributed by atoms with Gasteiger partial charge >= 0.3 is 17.9 Å². The van der Waals surface area contributed by atoms with Gasteiger partial charge in [0, 0.05) is 22.3 Å². The van der Waals surface area contributed by atoms with Crippen LogP contribution in [0.5, 0.6) is 0 Å². The molecule has 54 heavy (non-hydrogen) atoms. The lowest BCUT2D eigenvalue weighted by molar-refractivity contribution is -0.169. The molecule has 316 valence electrons. The smallest absolute Gasteiger partial charge is 0.313 e. The first-order valence-corrected chi connectivity index (χ1v) is 20.2. The number of nitrogens with zero attached hydrogens (tertiary/aromatic N) is 1. The Morgan fingerprint density at radius 2 is 0.981 bits per heavy atom. The number of carbonyl (C=O) groups is 5. The van der Waals surface area contributed by atoms with Crippen molar-refractivity contribution in [2.24, 2.45) is 38.9 Å². The number of ketones is 2. The second-order valence-corrected chi connectivity index (χ2v) is 22.3. The molecule has 0 rings (SSSR count). The molecule has 0 aromatic heterocycles. The minimum atomic E-state index is -0.959. The maximum Gasteiger partial charge on any atom is 0.313 e. The highest BCUT2D eigenvalue weighted by atomic mass is 16.6. The van der Waals surface area contributed by atoms with Gasteiger partial charge in [-0.3, -0.25) is 24.0 Å². The summed E-state index contributed by atoms with van der Waals surface area (Å²) in [7, 11) is 3.97. The van der Waals surface area contributed by atoms with Crippen molar-refractivity contribution in [3.8, 4) is 0 Å². The number of hydrogen-bond acceptors (Lipinski definition) is 9. The summed E-state index contributed by atoms with van der Waals surface area (Å²) < 4.78 is 18.1. The molecule has 0 saturated carbocycles. The van der Waals surface area contributed by atoms with Gasteiger partial charge in [0.2, 0.25) is 0 Å². The van der Waals surface area contributed by atoms with E-state index in [0.29, 0.717) is 38.5 Å². The SMILES string of the molecule is CCC(CC(C)N(C)C)C(=O)OC(C(C)CC(C)(C)C(=O)CC(=O)OC(C)(C)CC(C)(C)C)C(C)(C)CC(C)(C)C(=O)CC(=O)OC(C)(C)CC(C)(C)C. The van der Waals surface area contributed by atoms with Crippen LogP contribution in [0, 0.1) is 38.9 Å². The Labute approximate surface area is 331 Å². The zero-order chi connectivity index (χ0) is 43.1. The van der Waals surface area contributed by atoms with Gasteiger partial charge in [-0.05, 0) is 104 Å². The summed E-state index contributed by atoms with van der Waals surface area (Å²) >= 11 is 0. The van der Waals surface area contributed by atoms with E-state index >= 15 is 0 Å². The minimum Gasteiger partial charge on any atom is -0.461 e. The number of esters is 3. The summed E-state index contributed by atoms with van der Waals surface area (Å²) in [5, 5.41) is 0. The van der Waals surface area contributed by atoms with Crippen LogP contribution in [0.25, 0.3) is 0 Å². The lowest BCUT2D eigenvalue weighted by Crippen LogP contribution is -2.46. The first kappa shape index (κ1) is 51.7. The summed E-state index contributed by atoms with van der Waals surface area (Å²) in [4.78, 5) is 69.6. The normalized spacial score (nSPS) is 16.0. The van der Waals surface area contributed by atoms with Crippen LogP contribution in [0.3, 0.4) is 0 Å². The van der Waals surface area contributed by atoms with E-state index in [0.717, 1.165) is 0 Å². The van der Waals surface area contributed by atoms with Gasteiger partial charge in [-0.15, -0.1) is 0 Å². The second-order valence-electron chi connectivity index (χ2n) is 22.3. The van der Waals surface area contributed by atoms with E-state index in [2.05, 4.69) is 53.4 Å². The molecule has 4 unspecified atom stereocenters. The molecule has 0 saturated heterocycles. The highest BCUT2D eigenvalue weighted by molar-refractivity contribution is 5.99. The third-order valence-electron chi connectivity index (χ3n) is 10.4. The Morgan fingerprint density at radius 3 is 1.33 bits per heavy atom. The average Bonchev–Trinajstić information content (AvgIpc) is 2.89. The van der Waals surface area contributed by atoms with Crippen LogP contribution in [0.4, 0.5) is 0 Å². The highest BCUT2D eigenvalue weighted by Gasteiger charge is 2.46. The highest BCUT2D eigenvalue weighted by Crippen LogP contribution is 2.44. The molecule has 0 aromatic carbocycles. The number of hydrogen-bond donors (Lipinski definition) is 0. The molecule has 0 heterocycles. The van der Waals surface area contributed by atoms with E-state index < -0.39 is 45.5 Å². The Kier molecular flexibility index (Phi) is 18.4. The predicted octanol–water partition coefficient (Wildman–Crippen LogP) is 10.2. The zero-order valence-corrected chi connectivity index (χ0v) is 38.7. The van der Waals surface area contributed by atoms with Crippen molar-refractivity contribution in [3.63, 3.8) is 0 Å². The van der Waals surface area contributed by atoms with Crippen molar-refractivity contribution >= 4 is 29.5 Å². The predicted molar refractivity (Wildman–Crippen MR) is 219 cm³/mol. The molecule has 0 radical (unpaired) electrons.